The number of alkyl halides is 1. The van der Waals surface area contributed by atoms with Crippen LogP contribution in [0.2, 0.25) is 0 Å². The summed E-state index contributed by atoms with van der Waals surface area (Å²) in [6, 6.07) is 12.8. The van der Waals surface area contributed by atoms with E-state index in [1.807, 2.05) is 0 Å². The number of benzene rings is 2. The molecule has 3 aromatic rings. The van der Waals surface area contributed by atoms with E-state index in [1.165, 1.54) is 18.2 Å². The van der Waals surface area contributed by atoms with Crippen LogP contribution in [-0.2, 0) is 5.88 Å². The summed E-state index contributed by atoms with van der Waals surface area (Å²) in [4.78, 5) is 28.3. The molecule has 2 aromatic carbocycles. The Bertz CT molecular complexity index is 1070. The number of nitrogens with two attached hydrogens (primary N) is 2. The number of aliphatic imine (C=N–C) groups is 1. The minimum absolute atomic E-state index is 0.126. The van der Waals surface area contributed by atoms with Crippen molar-refractivity contribution in [3.63, 3.8) is 0 Å². The SMILES string of the molecule is NC(N)=Nc1cccc(OC(=O)c2cc3cc(CCl)ccc3oc2=O)c1. The van der Waals surface area contributed by atoms with Crippen LogP contribution >= 0.6 is 11.6 Å². The molecule has 8 heteroatoms. The summed E-state index contributed by atoms with van der Waals surface area (Å²) in [6.07, 6.45) is 0. The highest BCUT2D eigenvalue weighted by Gasteiger charge is 2.16. The van der Waals surface area contributed by atoms with E-state index < -0.39 is 11.6 Å². The molecule has 1 heterocycles. The Balaban J connectivity index is 1.93. The molecule has 7 nitrogen and oxygen atoms in total. The van der Waals surface area contributed by atoms with Gasteiger partial charge >= 0.3 is 11.6 Å². The first kappa shape index (κ1) is 17.5. The van der Waals surface area contributed by atoms with E-state index in [-0.39, 0.29) is 17.3 Å². The number of ether oxygens (including phenoxy) is 1. The summed E-state index contributed by atoms with van der Waals surface area (Å²) in [6.45, 7) is 0. The second-order valence-electron chi connectivity index (χ2n) is 5.38. The monoisotopic (exact) mass is 371 g/mol. The fourth-order valence-electron chi connectivity index (χ4n) is 2.33. The molecule has 0 atom stereocenters. The van der Waals surface area contributed by atoms with Gasteiger partial charge in [0.15, 0.2) is 5.96 Å². The predicted molar refractivity (Wildman–Crippen MR) is 98.9 cm³/mol. The second-order valence-corrected chi connectivity index (χ2v) is 5.64. The molecule has 0 aliphatic heterocycles. The van der Waals surface area contributed by atoms with E-state index in [4.69, 9.17) is 32.2 Å². The molecule has 0 saturated carbocycles. The molecule has 4 N–H and O–H groups in total. The zero-order valence-electron chi connectivity index (χ0n) is 13.4. The lowest BCUT2D eigenvalue weighted by atomic mass is 10.1. The highest BCUT2D eigenvalue weighted by Crippen LogP contribution is 2.21. The van der Waals surface area contributed by atoms with Crippen molar-refractivity contribution in [3.8, 4) is 5.75 Å². The van der Waals surface area contributed by atoms with Crippen molar-refractivity contribution in [2.45, 2.75) is 5.88 Å². The van der Waals surface area contributed by atoms with Crippen LogP contribution in [0, 0.1) is 0 Å². The molecular formula is C18H14ClN3O4. The van der Waals surface area contributed by atoms with E-state index in [1.54, 1.807) is 30.3 Å². The zero-order chi connectivity index (χ0) is 18.7. The average Bonchev–Trinajstić information content (AvgIpc) is 2.60. The average molecular weight is 372 g/mol. The Morgan fingerprint density at radius 1 is 1.15 bits per heavy atom. The molecule has 0 aliphatic rings. The molecule has 0 amide bonds. The maximum absolute atomic E-state index is 12.4. The van der Waals surface area contributed by atoms with E-state index in [0.29, 0.717) is 22.5 Å². The normalized spacial score (nSPS) is 10.5. The van der Waals surface area contributed by atoms with Crippen molar-refractivity contribution < 1.29 is 13.9 Å². The van der Waals surface area contributed by atoms with Gasteiger partial charge in [0.05, 0.1) is 5.69 Å². The summed E-state index contributed by atoms with van der Waals surface area (Å²) in [5.41, 5.74) is 11.2. The quantitative estimate of drug-likeness (QED) is 0.181. The van der Waals surface area contributed by atoms with E-state index in [2.05, 4.69) is 4.99 Å². The number of esters is 1. The number of carbonyl (C=O) groups is 1. The lowest BCUT2D eigenvalue weighted by Gasteiger charge is -2.06. The van der Waals surface area contributed by atoms with Crippen LogP contribution < -0.4 is 21.8 Å². The van der Waals surface area contributed by atoms with Gasteiger partial charge in [-0.15, -0.1) is 11.6 Å². The van der Waals surface area contributed by atoms with Crippen LogP contribution in [0.5, 0.6) is 5.75 Å². The Morgan fingerprint density at radius 2 is 1.96 bits per heavy atom. The molecule has 0 bridgehead atoms. The first-order valence-corrected chi connectivity index (χ1v) is 8.04. The van der Waals surface area contributed by atoms with Gasteiger partial charge in [-0.05, 0) is 35.9 Å². The van der Waals surface area contributed by atoms with Crippen LogP contribution in [0.25, 0.3) is 11.0 Å². The minimum Gasteiger partial charge on any atom is -0.423 e. The molecule has 0 spiro atoms. The summed E-state index contributed by atoms with van der Waals surface area (Å²) < 4.78 is 10.4. The number of hydrogen-bond acceptors (Lipinski definition) is 5. The number of nitrogens with zero attached hydrogens (tertiary/aromatic N) is 1. The molecular weight excluding hydrogens is 358 g/mol. The molecule has 0 fully saturated rings. The van der Waals surface area contributed by atoms with Crippen molar-refractivity contribution in [3.05, 3.63) is 70.1 Å². The zero-order valence-corrected chi connectivity index (χ0v) is 14.2. The van der Waals surface area contributed by atoms with Gasteiger partial charge in [-0.2, -0.15) is 0 Å². The van der Waals surface area contributed by atoms with Gasteiger partial charge in [0, 0.05) is 17.3 Å². The fourth-order valence-corrected chi connectivity index (χ4v) is 2.49. The first-order chi connectivity index (χ1) is 12.5. The molecule has 0 unspecified atom stereocenters. The van der Waals surface area contributed by atoms with Crippen molar-refractivity contribution in [2.75, 3.05) is 0 Å². The standard InChI is InChI=1S/C18H14ClN3O4/c19-9-10-4-5-15-11(6-10)7-14(17(24)26-15)16(23)25-13-3-1-2-12(8-13)22-18(20)21/h1-8H,9H2,(H4,20,21,22). The molecule has 0 aliphatic carbocycles. The Kier molecular flexibility index (Phi) is 4.90. The lowest BCUT2D eigenvalue weighted by molar-refractivity contribution is 0.0730. The van der Waals surface area contributed by atoms with Crippen molar-refractivity contribution in [1.82, 2.24) is 0 Å². The second kappa shape index (κ2) is 7.28. The number of carbonyl (C=O) groups excluding carboxylic acids is 1. The van der Waals surface area contributed by atoms with Crippen LogP contribution in [0.1, 0.15) is 15.9 Å². The summed E-state index contributed by atoms with van der Waals surface area (Å²) in [7, 11) is 0. The predicted octanol–water partition coefficient (Wildman–Crippen LogP) is 2.66. The number of fused-ring (bicyclic) bond motifs is 1. The topological polar surface area (TPSA) is 121 Å². The Hall–Kier alpha value is -3.32. The molecule has 0 saturated heterocycles. The van der Waals surface area contributed by atoms with Crippen LogP contribution in [-0.4, -0.2) is 11.9 Å². The lowest BCUT2D eigenvalue weighted by Crippen LogP contribution is -2.21. The molecule has 132 valence electrons. The van der Waals surface area contributed by atoms with Gasteiger partial charge in [0.25, 0.3) is 0 Å². The molecule has 0 radical (unpaired) electrons. The van der Waals surface area contributed by atoms with Gasteiger partial charge in [0.2, 0.25) is 0 Å². The molecule has 1 aromatic heterocycles. The number of hydrogen-bond donors (Lipinski definition) is 2. The van der Waals surface area contributed by atoms with Crippen LogP contribution in [0.3, 0.4) is 0 Å². The van der Waals surface area contributed by atoms with Crippen LogP contribution in [0.15, 0.2) is 62.7 Å². The number of guanidine groups is 1. The van der Waals surface area contributed by atoms with Gasteiger partial charge in [0.1, 0.15) is 16.9 Å². The summed E-state index contributed by atoms with van der Waals surface area (Å²) in [5, 5.41) is 0.573. The third-order valence-electron chi connectivity index (χ3n) is 3.46. The highest BCUT2D eigenvalue weighted by atomic mass is 35.5. The fraction of sp³-hybridized carbons (Fsp3) is 0.0556. The minimum atomic E-state index is -0.848. The molecule has 26 heavy (non-hydrogen) atoms. The van der Waals surface area contributed by atoms with E-state index in [9.17, 15) is 9.59 Å². The van der Waals surface area contributed by atoms with Crippen molar-refractivity contribution >= 4 is 40.2 Å². The van der Waals surface area contributed by atoms with E-state index in [0.717, 1.165) is 5.56 Å². The van der Waals surface area contributed by atoms with Gasteiger partial charge in [-0.1, -0.05) is 12.1 Å². The maximum Gasteiger partial charge on any atom is 0.351 e. The van der Waals surface area contributed by atoms with Gasteiger partial charge < -0.3 is 20.6 Å². The Morgan fingerprint density at radius 3 is 2.69 bits per heavy atom. The number of rotatable bonds is 4. The first-order valence-electron chi connectivity index (χ1n) is 7.51. The van der Waals surface area contributed by atoms with E-state index >= 15 is 0 Å². The third kappa shape index (κ3) is 3.84. The van der Waals surface area contributed by atoms with Crippen molar-refractivity contribution in [1.29, 1.82) is 0 Å². The molecule has 3 rings (SSSR count). The van der Waals surface area contributed by atoms with Gasteiger partial charge in [-0.25, -0.2) is 14.6 Å². The number of halogens is 1. The third-order valence-corrected chi connectivity index (χ3v) is 3.77. The summed E-state index contributed by atoms with van der Waals surface area (Å²) in [5.74, 6) is -0.490. The van der Waals surface area contributed by atoms with Crippen molar-refractivity contribution in [2.24, 2.45) is 16.5 Å². The smallest absolute Gasteiger partial charge is 0.351 e. The van der Waals surface area contributed by atoms with Gasteiger partial charge in [-0.3, -0.25) is 0 Å². The largest absolute Gasteiger partial charge is 0.423 e. The van der Waals surface area contributed by atoms with Crippen LogP contribution in [0.4, 0.5) is 5.69 Å². The Labute approximate surface area is 152 Å². The summed E-state index contributed by atoms with van der Waals surface area (Å²) >= 11 is 5.81. The highest BCUT2D eigenvalue weighted by molar-refractivity contribution is 6.17. The maximum atomic E-state index is 12.4.